The maximum atomic E-state index is 13.9. The zero-order chi connectivity index (χ0) is 25.4. The van der Waals surface area contributed by atoms with Gasteiger partial charge in [-0.25, -0.2) is 0 Å². The molecule has 3 unspecified atom stereocenters. The first-order valence-corrected chi connectivity index (χ1v) is 16.2. The van der Waals surface area contributed by atoms with Crippen molar-refractivity contribution in [1.29, 1.82) is 0 Å². The van der Waals surface area contributed by atoms with Crippen molar-refractivity contribution in [3.05, 3.63) is 108 Å². The summed E-state index contributed by atoms with van der Waals surface area (Å²) in [7, 11) is -1.63. The van der Waals surface area contributed by atoms with Gasteiger partial charge in [0.2, 0.25) is 5.91 Å². The number of thioether (sulfide) groups is 1. The van der Waals surface area contributed by atoms with Crippen molar-refractivity contribution in [1.82, 2.24) is 4.90 Å². The fourth-order valence-electron chi connectivity index (χ4n) is 5.66. The van der Waals surface area contributed by atoms with Crippen LogP contribution < -0.4 is 0 Å². The van der Waals surface area contributed by atoms with Crippen LogP contribution >= 0.6 is 11.8 Å². The Bertz CT molecular complexity index is 1040. The summed E-state index contributed by atoms with van der Waals surface area (Å²) in [6, 6.07) is 31.8. The van der Waals surface area contributed by atoms with Gasteiger partial charge in [0.25, 0.3) is 0 Å². The molecule has 0 bridgehead atoms. The molecule has 3 nitrogen and oxygen atoms in total. The van der Waals surface area contributed by atoms with Gasteiger partial charge in [-0.15, -0.1) is 11.8 Å². The summed E-state index contributed by atoms with van der Waals surface area (Å²) in [6.45, 7) is 12.5. The van der Waals surface area contributed by atoms with Gasteiger partial charge in [0.15, 0.2) is 0 Å². The molecule has 1 aliphatic rings. The van der Waals surface area contributed by atoms with Gasteiger partial charge in [0, 0.05) is 5.54 Å². The molecule has 4 rings (SSSR count). The van der Waals surface area contributed by atoms with Crippen LogP contribution in [0.2, 0.25) is 18.1 Å². The van der Waals surface area contributed by atoms with E-state index in [0.29, 0.717) is 0 Å². The van der Waals surface area contributed by atoms with Gasteiger partial charge in [-0.1, -0.05) is 104 Å². The van der Waals surface area contributed by atoms with Crippen LogP contribution in [-0.4, -0.2) is 41.7 Å². The summed E-state index contributed by atoms with van der Waals surface area (Å²) in [6.07, 6.45) is -0.710. The number of carbonyl (C=O) groups is 1. The molecule has 3 atom stereocenters. The number of likely N-dealkylation sites (tertiary alicyclic amines) is 1. The van der Waals surface area contributed by atoms with E-state index in [1.54, 1.807) is 0 Å². The van der Waals surface area contributed by atoms with Gasteiger partial charge in [0.1, 0.15) is 0 Å². The van der Waals surface area contributed by atoms with Gasteiger partial charge in [0.05, 0.1) is 30.1 Å². The molecule has 35 heavy (non-hydrogen) atoms. The highest BCUT2D eigenvalue weighted by molar-refractivity contribution is 8.01. The highest BCUT2D eigenvalue weighted by Gasteiger charge is 2.68. The van der Waals surface area contributed by atoms with Gasteiger partial charge in [-0.3, -0.25) is 4.79 Å². The summed E-state index contributed by atoms with van der Waals surface area (Å²) in [5, 5.41) is 10.3. The van der Waals surface area contributed by atoms with E-state index in [4.69, 9.17) is 0 Å². The van der Waals surface area contributed by atoms with E-state index in [2.05, 4.69) is 107 Å². The van der Waals surface area contributed by atoms with Crippen molar-refractivity contribution in [2.75, 3.05) is 0 Å². The second kappa shape index (κ2) is 9.60. The first-order chi connectivity index (χ1) is 16.6. The summed E-state index contributed by atoms with van der Waals surface area (Å²) in [4.78, 5) is 15.9. The number of carbonyl (C=O) groups excluding carboxylic acids is 1. The fourth-order valence-corrected chi connectivity index (χ4v) is 11.2. The van der Waals surface area contributed by atoms with Crippen LogP contribution in [0.1, 0.15) is 44.4 Å². The third kappa shape index (κ3) is 4.08. The van der Waals surface area contributed by atoms with E-state index in [1.165, 1.54) is 16.7 Å². The molecule has 0 radical (unpaired) electrons. The lowest BCUT2D eigenvalue weighted by Gasteiger charge is -2.64. The van der Waals surface area contributed by atoms with E-state index in [0.717, 1.165) is 0 Å². The number of hydrogen-bond acceptors (Lipinski definition) is 3. The SMILES string of the molecule is CC(O)C1([SiH](C)C)C(=O)N(C(C)(C)C)C1SC(c1ccccc1)(c1ccccc1)c1ccccc1. The molecule has 1 N–H and O–H groups in total. The molecule has 1 aliphatic heterocycles. The van der Waals surface area contributed by atoms with Gasteiger partial charge < -0.3 is 10.0 Å². The molecular formula is C30H37NO2SSi. The lowest BCUT2D eigenvalue weighted by atomic mass is 9.84. The number of β-lactam (4-membered cyclic amide) rings is 1. The third-order valence-electron chi connectivity index (χ3n) is 7.43. The van der Waals surface area contributed by atoms with Crippen molar-refractivity contribution >= 4 is 26.5 Å². The maximum Gasteiger partial charge on any atom is 0.232 e. The Labute approximate surface area is 216 Å². The predicted molar refractivity (Wildman–Crippen MR) is 150 cm³/mol. The van der Waals surface area contributed by atoms with Crippen molar-refractivity contribution in [2.24, 2.45) is 0 Å². The van der Waals surface area contributed by atoms with Crippen molar-refractivity contribution < 1.29 is 9.90 Å². The van der Waals surface area contributed by atoms with Crippen LogP contribution in [0.3, 0.4) is 0 Å². The Morgan fingerprint density at radius 2 is 1.20 bits per heavy atom. The molecule has 1 saturated heterocycles. The van der Waals surface area contributed by atoms with Crippen molar-refractivity contribution in [3.8, 4) is 0 Å². The summed E-state index contributed by atoms with van der Waals surface area (Å²) in [5.74, 6) is 0.0993. The number of aliphatic hydroxyl groups excluding tert-OH is 1. The zero-order valence-electron chi connectivity index (χ0n) is 21.6. The normalized spacial score (nSPS) is 21.7. The molecule has 0 saturated carbocycles. The van der Waals surface area contributed by atoms with E-state index in [-0.39, 0.29) is 16.8 Å². The molecule has 3 aromatic rings. The van der Waals surface area contributed by atoms with Crippen LogP contribution in [0.5, 0.6) is 0 Å². The molecule has 1 fully saturated rings. The van der Waals surface area contributed by atoms with Crippen LogP contribution in [0.25, 0.3) is 0 Å². The predicted octanol–water partition coefficient (Wildman–Crippen LogP) is 6.29. The zero-order valence-corrected chi connectivity index (χ0v) is 23.6. The number of rotatable bonds is 7. The quantitative estimate of drug-likeness (QED) is 0.234. The summed E-state index contributed by atoms with van der Waals surface area (Å²) in [5.41, 5.74) is 3.15. The number of amides is 1. The molecular weight excluding hydrogens is 466 g/mol. The highest BCUT2D eigenvalue weighted by Crippen LogP contribution is 2.64. The van der Waals surface area contributed by atoms with Gasteiger partial charge in [-0.05, 0) is 44.4 Å². The van der Waals surface area contributed by atoms with E-state index >= 15 is 0 Å². The monoisotopic (exact) mass is 503 g/mol. The van der Waals surface area contributed by atoms with Crippen LogP contribution in [-0.2, 0) is 9.54 Å². The minimum absolute atomic E-state index is 0.0993. The molecule has 1 amide bonds. The molecule has 0 aromatic heterocycles. The molecule has 0 aliphatic carbocycles. The Morgan fingerprint density at radius 1 is 0.829 bits per heavy atom. The largest absolute Gasteiger partial charge is 0.392 e. The van der Waals surface area contributed by atoms with E-state index in [9.17, 15) is 9.90 Å². The second-order valence-corrected chi connectivity index (χ2v) is 15.4. The minimum atomic E-state index is -1.63. The Kier molecular flexibility index (Phi) is 7.06. The Balaban J connectivity index is 2.02. The molecule has 3 aromatic carbocycles. The minimum Gasteiger partial charge on any atom is -0.392 e. The maximum absolute atomic E-state index is 13.9. The van der Waals surface area contributed by atoms with Crippen molar-refractivity contribution in [2.45, 2.75) is 67.6 Å². The Hall–Kier alpha value is -2.34. The molecule has 5 heteroatoms. The number of nitrogens with zero attached hydrogens (tertiary/aromatic N) is 1. The molecule has 1 heterocycles. The smallest absolute Gasteiger partial charge is 0.232 e. The lowest BCUT2D eigenvalue weighted by Crippen LogP contribution is -2.75. The average molecular weight is 504 g/mol. The first kappa shape index (κ1) is 25.7. The van der Waals surface area contributed by atoms with E-state index in [1.807, 2.05) is 41.8 Å². The third-order valence-corrected chi connectivity index (χ3v) is 12.5. The standard InChI is InChI=1S/C30H37NO2SSi/c1-22(32)30(35(5)6)26(33)31(28(2,3)4)27(30)34-29(23-16-10-7-11-17-23,24-18-12-8-13-19-24)25-20-14-9-15-21-25/h7-22,27,32,35H,1-6H3. The molecule has 0 spiro atoms. The van der Waals surface area contributed by atoms with E-state index < -0.39 is 24.7 Å². The number of hydrogen-bond donors (Lipinski definition) is 1. The summed E-state index contributed by atoms with van der Waals surface area (Å²) < 4.78 is -0.553. The number of aliphatic hydroxyl groups is 1. The highest BCUT2D eigenvalue weighted by atomic mass is 32.2. The Morgan fingerprint density at radius 3 is 1.49 bits per heavy atom. The first-order valence-electron chi connectivity index (χ1n) is 12.4. The van der Waals surface area contributed by atoms with Crippen LogP contribution in [0.15, 0.2) is 91.0 Å². The second-order valence-electron chi connectivity index (χ2n) is 10.9. The summed E-state index contributed by atoms with van der Waals surface area (Å²) >= 11 is 1.82. The van der Waals surface area contributed by atoms with Crippen LogP contribution in [0, 0.1) is 0 Å². The van der Waals surface area contributed by atoms with Gasteiger partial charge in [-0.2, -0.15) is 0 Å². The number of benzene rings is 3. The van der Waals surface area contributed by atoms with Gasteiger partial charge >= 0.3 is 0 Å². The topological polar surface area (TPSA) is 40.5 Å². The fraction of sp³-hybridized carbons (Fsp3) is 0.367. The average Bonchev–Trinajstić information content (AvgIpc) is 2.82. The molecule has 184 valence electrons. The van der Waals surface area contributed by atoms with Crippen molar-refractivity contribution in [3.63, 3.8) is 0 Å². The van der Waals surface area contributed by atoms with Crippen LogP contribution in [0.4, 0.5) is 0 Å². The lowest BCUT2D eigenvalue weighted by molar-refractivity contribution is -0.163.